The van der Waals surface area contributed by atoms with Gasteiger partial charge in [0.1, 0.15) is 11.6 Å². The Bertz CT molecular complexity index is 584. The molecule has 114 valence electrons. The molecule has 1 unspecified atom stereocenters. The summed E-state index contributed by atoms with van der Waals surface area (Å²) in [7, 11) is 1.52. The molecular weight excluding hydrogens is 301 g/mol. The highest BCUT2D eigenvalue weighted by atomic mass is 32.1. The smallest absolute Gasteiger partial charge is 0.373 e. The summed E-state index contributed by atoms with van der Waals surface area (Å²) in [5, 5.41) is 7.56. The van der Waals surface area contributed by atoms with Gasteiger partial charge >= 0.3 is 6.18 Å². The van der Waals surface area contributed by atoms with Crippen LogP contribution >= 0.6 is 11.3 Å². The van der Waals surface area contributed by atoms with Crippen LogP contribution in [0.3, 0.4) is 0 Å². The Morgan fingerprint density at radius 2 is 2.00 bits per heavy atom. The summed E-state index contributed by atoms with van der Waals surface area (Å²) >= 11 is 1.61. The molecule has 0 saturated heterocycles. The predicted octanol–water partition coefficient (Wildman–Crippen LogP) is 3.64. The minimum Gasteiger partial charge on any atom is -0.373 e. The zero-order valence-electron chi connectivity index (χ0n) is 11.5. The highest BCUT2D eigenvalue weighted by Crippen LogP contribution is 2.28. The number of hydrogen-bond acceptors (Lipinski definition) is 5. The Morgan fingerprint density at radius 1 is 1.29 bits per heavy atom. The molecule has 0 radical (unpaired) electrons. The van der Waals surface area contributed by atoms with Crippen molar-refractivity contribution in [1.29, 1.82) is 0 Å². The first-order valence-corrected chi connectivity index (χ1v) is 7.19. The van der Waals surface area contributed by atoms with Crippen LogP contribution in [0.2, 0.25) is 0 Å². The second kappa shape index (κ2) is 6.30. The molecule has 0 spiro atoms. The van der Waals surface area contributed by atoms with Crippen molar-refractivity contribution in [1.82, 2.24) is 9.97 Å². The fourth-order valence-corrected chi connectivity index (χ4v) is 2.65. The lowest BCUT2D eigenvalue weighted by Crippen LogP contribution is -2.21. The zero-order chi connectivity index (χ0) is 15.5. The van der Waals surface area contributed by atoms with Crippen molar-refractivity contribution in [2.75, 3.05) is 17.7 Å². The lowest BCUT2D eigenvalue weighted by atomic mass is 10.2. The highest BCUT2D eigenvalue weighted by molar-refractivity contribution is 7.09. The first-order chi connectivity index (χ1) is 9.88. The number of rotatable bonds is 5. The summed E-state index contributed by atoms with van der Waals surface area (Å²) in [4.78, 5) is 8.12. The SMILES string of the molecule is CNc1cc(NC(C)Cc2cccs2)nc(C(F)(F)F)n1. The Morgan fingerprint density at radius 3 is 2.57 bits per heavy atom. The van der Waals surface area contributed by atoms with E-state index in [1.54, 1.807) is 11.3 Å². The van der Waals surface area contributed by atoms with Gasteiger partial charge in [0.25, 0.3) is 0 Å². The Labute approximate surface area is 124 Å². The van der Waals surface area contributed by atoms with Crippen LogP contribution in [0.5, 0.6) is 0 Å². The molecule has 0 amide bonds. The average Bonchev–Trinajstić information content (AvgIpc) is 2.89. The van der Waals surface area contributed by atoms with Crippen LogP contribution in [0.4, 0.5) is 24.8 Å². The summed E-state index contributed by atoms with van der Waals surface area (Å²) in [5.41, 5.74) is 0. The normalized spacial score (nSPS) is 13.0. The van der Waals surface area contributed by atoms with Gasteiger partial charge in [-0.1, -0.05) is 6.07 Å². The minimum atomic E-state index is -4.57. The van der Waals surface area contributed by atoms with Crippen molar-refractivity contribution in [3.05, 3.63) is 34.3 Å². The van der Waals surface area contributed by atoms with Gasteiger partial charge in [-0.25, -0.2) is 9.97 Å². The molecule has 0 aliphatic rings. The fraction of sp³-hybridized carbons (Fsp3) is 0.385. The maximum Gasteiger partial charge on any atom is 0.451 e. The third-order valence-corrected chi connectivity index (χ3v) is 3.62. The van der Waals surface area contributed by atoms with Crippen LogP contribution in [-0.2, 0) is 12.6 Å². The van der Waals surface area contributed by atoms with Crippen molar-refractivity contribution in [3.63, 3.8) is 0 Å². The number of halogens is 3. The van der Waals surface area contributed by atoms with Crippen molar-refractivity contribution in [2.24, 2.45) is 0 Å². The summed E-state index contributed by atoms with van der Waals surface area (Å²) in [6.45, 7) is 1.90. The molecule has 21 heavy (non-hydrogen) atoms. The Kier molecular flexibility index (Phi) is 4.66. The van der Waals surface area contributed by atoms with E-state index in [4.69, 9.17) is 0 Å². The number of hydrogen-bond donors (Lipinski definition) is 2. The van der Waals surface area contributed by atoms with E-state index in [9.17, 15) is 13.2 Å². The highest BCUT2D eigenvalue weighted by Gasteiger charge is 2.35. The van der Waals surface area contributed by atoms with Gasteiger partial charge < -0.3 is 10.6 Å². The molecule has 0 fully saturated rings. The monoisotopic (exact) mass is 316 g/mol. The molecule has 2 heterocycles. The number of aromatic nitrogens is 2. The van der Waals surface area contributed by atoms with Crippen molar-refractivity contribution in [3.8, 4) is 0 Å². The molecule has 0 saturated carbocycles. The van der Waals surface area contributed by atoms with E-state index in [0.717, 1.165) is 11.3 Å². The molecule has 8 heteroatoms. The molecule has 2 aromatic rings. The number of thiophene rings is 1. The van der Waals surface area contributed by atoms with Crippen LogP contribution < -0.4 is 10.6 Å². The predicted molar refractivity (Wildman–Crippen MR) is 77.7 cm³/mol. The number of nitrogens with one attached hydrogen (secondary N) is 2. The van der Waals surface area contributed by atoms with Gasteiger partial charge in [-0.05, 0) is 18.4 Å². The zero-order valence-corrected chi connectivity index (χ0v) is 12.3. The van der Waals surface area contributed by atoms with Gasteiger partial charge in [0.15, 0.2) is 0 Å². The van der Waals surface area contributed by atoms with Gasteiger partial charge in [0.2, 0.25) is 5.82 Å². The van der Waals surface area contributed by atoms with Crippen LogP contribution in [0.1, 0.15) is 17.6 Å². The van der Waals surface area contributed by atoms with Gasteiger partial charge in [0, 0.05) is 30.5 Å². The quantitative estimate of drug-likeness (QED) is 0.884. The van der Waals surface area contributed by atoms with Gasteiger partial charge in [-0.2, -0.15) is 13.2 Å². The van der Waals surface area contributed by atoms with Crippen LogP contribution in [0, 0.1) is 0 Å². The molecule has 0 aliphatic heterocycles. The molecule has 0 aromatic carbocycles. The number of anilines is 2. The second-order valence-electron chi connectivity index (χ2n) is 4.54. The summed E-state index contributed by atoms with van der Waals surface area (Å²) < 4.78 is 38.2. The second-order valence-corrected chi connectivity index (χ2v) is 5.57. The maximum atomic E-state index is 12.7. The molecule has 2 rings (SSSR count). The molecule has 1 atom stereocenters. The van der Waals surface area contributed by atoms with E-state index in [2.05, 4.69) is 20.6 Å². The first kappa shape index (κ1) is 15.6. The van der Waals surface area contributed by atoms with E-state index in [0.29, 0.717) is 0 Å². The fourth-order valence-electron chi connectivity index (χ4n) is 1.81. The van der Waals surface area contributed by atoms with E-state index < -0.39 is 12.0 Å². The molecule has 0 aliphatic carbocycles. The third kappa shape index (κ3) is 4.32. The third-order valence-electron chi connectivity index (χ3n) is 2.72. The van der Waals surface area contributed by atoms with Crippen LogP contribution in [-0.4, -0.2) is 23.1 Å². The molecule has 4 nitrogen and oxygen atoms in total. The van der Waals surface area contributed by atoms with Gasteiger partial charge in [0.05, 0.1) is 0 Å². The number of nitrogens with zero attached hydrogens (tertiary/aromatic N) is 2. The lowest BCUT2D eigenvalue weighted by Gasteiger charge is -2.16. The molecule has 0 bridgehead atoms. The topological polar surface area (TPSA) is 49.8 Å². The van der Waals surface area contributed by atoms with E-state index in [1.807, 2.05) is 24.4 Å². The molecule has 2 N–H and O–H groups in total. The standard InChI is InChI=1S/C13H15F3N4S/c1-8(6-9-4-3-5-21-9)18-11-7-10(17-2)19-12(20-11)13(14,15)16/h3-5,7-8H,6H2,1-2H3,(H2,17,18,19,20). The van der Waals surface area contributed by atoms with E-state index in [1.165, 1.54) is 13.1 Å². The van der Waals surface area contributed by atoms with Gasteiger partial charge in [-0.15, -0.1) is 11.3 Å². The summed E-state index contributed by atoms with van der Waals surface area (Å²) in [5.74, 6) is -0.867. The Hall–Kier alpha value is -1.83. The van der Waals surface area contributed by atoms with Crippen LogP contribution in [0.25, 0.3) is 0 Å². The lowest BCUT2D eigenvalue weighted by molar-refractivity contribution is -0.144. The average molecular weight is 316 g/mol. The minimum absolute atomic E-state index is 0.0376. The van der Waals surface area contributed by atoms with E-state index >= 15 is 0 Å². The van der Waals surface area contributed by atoms with Crippen molar-refractivity contribution >= 4 is 23.0 Å². The number of alkyl halides is 3. The maximum absolute atomic E-state index is 12.7. The van der Waals surface area contributed by atoms with E-state index in [-0.39, 0.29) is 17.7 Å². The Balaban J connectivity index is 2.15. The van der Waals surface area contributed by atoms with Crippen LogP contribution in [0.15, 0.2) is 23.6 Å². The summed E-state index contributed by atoms with van der Waals surface area (Å²) in [6.07, 6.45) is -3.85. The first-order valence-electron chi connectivity index (χ1n) is 6.31. The molecule has 2 aromatic heterocycles. The summed E-state index contributed by atoms with van der Waals surface area (Å²) in [6, 6.07) is 5.35. The molecular formula is C13H15F3N4S. The largest absolute Gasteiger partial charge is 0.451 e. The van der Waals surface area contributed by atoms with Crippen molar-refractivity contribution < 1.29 is 13.2 Å². The van der Waals surface area contributed by atoms with Crippen molar-refractivity contribution in [2.45, 2.75) is 25.6 Å². The van der Waals surface area contributed by atoms with Gasteiger partial charge in [-0.3, -0.25) is 0 Å².